The lowest BCUT2D eigenvalue weighted by Gasteiger charge is -2.38. The number of carbonyl (C=O) groups is 4. The van der Waals surface area contributed by atoms with Crippen molar-refractivity contribution >= 4 is 30.6 Å². The Kier molecular flexibility index (Phi) is 11.4. The van der Waals surface area contributed by atoms with Gasteiger partial charge in [0.25, 0.3) is 0 Å². The van der Waals surface area contributed by atoms with Crippen LogP contribution in [-0.2, 0) is 37.8 Å². The van der Waals surface area contributed by atoms with Crippen molar-refractivity contribution in [2.75, 3.05) is 26.2 Å². The molecule has 0 aromatic heterocycles. The number of carbonyl (C=O) groups excluding carboxylic acids is 4. The first-order chi connectivity index (χ1) is 15.9. The molecule has 2 fully saturated rings. The van der Waals surface area contributed by atoms with Gasteiger partial charge in [-0.05, 0) is 25.7 Å². The number of hydrogen-bond acceptors (Lipinski definition) is 8. The summed E-state index contributed by atoms with van der Waals surface area (Å²) < 4.78 is 21.4. The third-order valence-electron chi connectivity index (χ3n) is 5.72. The van der Waals surface area contributed by atoms with Crippen LogP contribution in [0.5, 0.6) is 0 Å². The Hall–Kier alpha value is -2.26. The second-order valence-corrected chi connectivity index (χ2v) is 8.65. The van der Waals surface area contributed by atoms with Crippen LogP contribution in [0.15, 0.2) is 0 Å². The topological polar surface area (TPSA) is 209 Å². The molecule has 2 aliphatic rings. The van der Waals surface area contributed by atoms with Gasteiger partial charge in [0.15, 0.2) is 0 Å². The third-order valence-corrected chi connectivity index (χ3v) is 5.72. The maximum atomic E-state index is 11.2. The molecule has 2 saturated heterocycles. The van der Waals surface area contributed by atoms with Gasteiger partial charge in [-0.2, -0.15) is 0 Å². The summed E-state index contributed by atoms with van der Waals surface area (Å²) in [5.41, 5.74) is 20.1. The standard InChI is InChI=1S/C12H28N.C8H12BN4O8/c1-5-9-13(10-6-2,11-7-3)12-8-4;10-5(14)1-2(6(11)15)19-9(18-1)20-3(7(12)16)4(21-9)8(13)17/h5-12H2,1-4H3;1-4H,(H2,10,14)(H2,11,15)(H2,12,16)(H2,13,17)/q+1;-1/t;1-,2-,3-,4-/m.1/s1. The van der Waals surface area contributed by atoms with E-state index < -0.39 is 55.0 Å². The summed E-state index contributed by atoms with van der Waals surface area (Å²) in [5.74, 6) is -4.32. The molecule has 0 unspecified atom stereocenters. The monoisotopic (exact) mass is 489 g/mol. The highest BCUT2D eigenvalue weighted by Gasteiger charge is 2.58. The first kappa shape index (κ1) is 29.8. The molecular formula is C20H40BN5O8. The fourth-order valence-electron chi connectivity index (χ4n) is 4.63. The molecule has 14 heteroatoms. The van der Waals surface area contributed by atoms with Gasteiger partial charge in [0.2, 0.25) is 23.6 Å². The highest BCUT2D eigenvalue weighted by molar-refractivity contribution is 6.56. The molecule has 0 saturated carbocycles. The Balaban J connectivity index is 0.000000385. The van der Waals surface area contributed by atoms with Crippen LogP contribution in [0.2, 0.25) is 0 Å². The number of rotatable bonds is 12. The zero-order valence-electron chi connectivity index (χ0n) is 20.6. The summed E-state index contributed by atoms with van der Waals surface area (Å²) in [4.78, 5) is 44.8. The van der Waals surface area contributed by atoms with Gasteiger partial charge >= 0.3 is 6.96 Å². The van der Waals surface area contributed by atoms with E-state index in [0.717, 1.165) is 0 Å². The molecule has 4 atom stereocenters. The van der Waals surface area contributed by atoms with Gasteiger partial charge in [0.1, 0.15) is 24.4 Å². The first-order valence-corrected chi connectivity index (χ1v) is 11.8. The fraction of sp³-hybridized carbons (Fsp3) is 0.800. The molecule has 0 bridgehead atoms. The number of nitrogens with zero attached hydrogens (tertiary/aromatic N) is 1. The molecular weight excluding hydrogens is 449 g/mol. The molecule has 2 rings (SSSR count). The van der Waals surface area contributed by atoms with Crippen LogP contribution < -0.4 is 22.9 Å². The largest absolute Gasteiger partial charge is 0.533 e. The molecule has 0 radical (unpaired) electrons. The Bertz CT molecular complexity index is 617. The Morgan fingerprint density at radius 2 is 0.765 bits per heavy atom. The zero-order chi connectivity index (χ0) is 26.1. The summed E-state index contributed by atoms with van der Waals surface area (Å²) >= 11 is 0. The third kappa shape index (κ3) is 7.37. The summed E-state index contributed by atoms with van der Waals surface area (Å²) in [6.07, 6.45) is -1.10. The van der Waals surface area contributed by atoms with Crippen LogP contribution in [0.4, 0.5) is 0 Å². The summed E-state index contributed by atoms with van der Waals surface area (Å²) in [6, 6.07) is 0. The second kappa shape index (κ2) is 13.0. The molecule has 4 amide bonds. The minimum absolute atomic E-state index is 1.08. The van der Waals surface area contributed by atoms with Crippen molar-refractivity contribution in [1.82, 2.24) is 0 Å². The molecule has 34 heavy (non-hydrogen) atoms. The SMILES string of the molecule is CCC[N+](CCC)(CCC)CCC.NC(=O)[C@@H]1O[B-]2(O[C@H]1C(N)=O)O[C@@H](C(N)=O)[C@H](C(N)=O)O2. The predicted molar refractivity (Wildman–Crippen MR) is 123 cm³/mol. The summed E-state index contributed by atoms with van der Waals surface area (Å²) in [5, 5.41) is 0. The average Bonchev–Trinajstić information content (AvgIpc) is 3.31. The number of nitrogens with two attached hydrogens (primary N) is 4. The summed E-state index contributed by atoms with van der Waals surface area (Å²) in [7, 11) is 0. The van der Waals surface area contributed by atoms with Crippen molar-refractivity contribution in [1.29, 1.82) is 0 Å². The minimum atomic E-state index is -3.25. The highest BCUT2D eigenvalue weighted by Crippen LogP contribution is 2.35. The van der Waals surface area contributed by atoms with Crippen molar-refractivity contribution in [3.8, 4) is 0 Å². The van der Waals surface area contributed by atoms with Gasteiger partial charge in [-0.25, -0.2) is 0 Å². The zero-order valence-corrected chi connectivity index (χ0v) is 20.6. The Labute approximate surface area is 200 Å². The van der Waals surface area contributed by atoms with E-state index in [1.54, 1.807) is 0 Å². The number of amides is 4. The van der Waals surface area contributed by atoms with Crippen LogP contribution >= 0.6 is 0 Å². The van der Waals surface area contributed by atoms with E-state index in [9.17, 15) is 19.2 Å². The van der Waals surface area contributed by atoms with Crippen molar-refractivity contribution in [3.05, 3.63) is 0 Å². The van der Waals surface area contributed by atoms with Crippen molar-refractivity contribution < 1.29 is 42.3 Å². The molecule has 2 heterocycles. The van der Waals surface area contributed by atoms with E-state index in [1.165, 1.54) is 56.3 Å². The minimum Gasteiger partial charge on any atom is -0.507 e. The van der Waals surface area contributed by atoms with Crippen molar-refractivity contribution in [2.24, 2.45) is 22.9 Å². The number of primary amides is 4. The van der Waals surface area contributed by atoms with Crippen LogP contribution in [0, 0.1) is 0 Å². The van der Waals surface area contributed by atoms with Crippen LogP contribution in [-0.4, -0.2) is 85.7 Å². The normalized spacial score (nSPS) is 25.5. The van der Waals surface area contributed by atoms with Crippen molar-refractivity contribution in [2.45, 2.75) is 77.8 Å². The molecule has 13 nitrogen and oxygen atoms in total. The van der Waals surface area contributed by atoms with Crippen LogP contribution in [0.3, 0.4) is 0 Å². The van der Waals surface area contributed by atoms with Gasteiger partial charge in [0.05, 0.1) is 26.2 Å². The molecule has 0 aromatic carbocycles. The van der Waals surface area contributed by atoms with Gasteiger partial charge in [0, 0.05) is 0 Å². The molecule has 2 aliphatic heterocycles. The fourth-order valence-corrected chi connectivity index (χ4v) is 4.63. The lowest BCUT2D eigenvalue weighted by atomic mass is 10.1. The van der Waals surface area contributed by atoms with Crippen molar-refractivity contribution in [3.63, 3.8) is 0 Å². The Morgan fingerprint density at radius 1 is 0.559 bits per heavy atom. The molecule has 8 N–H and O–H groups in total. The lowest BCUT2D eigenvalue weighted by molar-refractivity contribution is -0.928. The van der Waals surface area contributed by atoms with E-state index in [1.807, 2.05) is 0 Å². The Morgan fingerprint density at radius 3 is 0.912 bits per heavy atom. The molecule has 0 aromatic rings. The quantitative estimate of drug-likeness (QED) is 0.184. The van der Waals surface area contributed by atoms with Gasteiger partial charge in [-0.1, -0.05) is 27.7 Å². The van der Waals surface area contributed by atoms with Gasteiger partial charge in [-0.15, -0.1) is 0 Å². The van der Waals surface area contributed by atoms with Crippen LogP contribution in [0.25, 0.3) is 0 Å². The molecule has 0 aliphatic carbocycles. The molecule has 196 valence electrons. The smallest absolute Gasteiger partial charge is 0.507 e. The number of hydrogen-bond donors (Lipinski definition) is 4. The average molecular weight is 489 g/mol. The lowest BCUT2D eigenvalue weighted by Crippen LogP contribution is -2.50. The van der Waals surface area contributed by atoms with Crippen LogP contribution in [0.1, 0.15) is 53.4 Å². The maximum Gasteiger partial charge on any atom is 0.533 e. The van der Waals surface area contributed by atoms with E-state index in [-0.39, 0.29) is 0 Å². The first-order valence-electron chi connectivity index (χ1n) is 11.8. The van der Waals surface area contributed by atoms with Gasteiger partial charge < -0.3 is 46.0 Å². The highest BCUT2D eigenvalue weighted by atomic mass is 16.9. The van der Waals surface area contributed by atoms with E-state index in [2.05, 4.69) is 27.7 Å². The van der Waals surface area contributed by atoms with Gasteiger partial charge in [-0.3, -0.25) is 19.2 Å². The molecule has 1 spiro atoms. The second-order valence-electron chi connectivity index (χ2n) is 8.65. The number of quaternary nitrogens is 1. The van der Waals surface area contributed by atoms with E-state index in [4.69, 9.17) is 41.6 Å². The van der Waals surface area contributed by atoms with E-state index >= 15 is 0 Å². The van der Waals surface area contributed by atoms with E-state index in [0.29, 0.717) is 0 Å². The summed E-state index contributed by atoms with van der Waals surface area (Å²) in [6.45, 7) is 11.5. The maximum absolute atomic E-state index is 11.2. The predicted octanol–water partition coefficient (Wildman–Crippen LogP) is -1.63.